The fourth-order valence-electron chi connectivity index (χ4n) is 2.17. The summed E-state index contributed by atoms with van der Waals surface area (Å²) >= 11 is 5.06. The van der Waals surface area contributed by atoms with Crippen molar-refractivity contribution in [1.82, 2.24) is 10.0 Å². The summed E-state index contributed by atoms with van der Waals surface area (Å²) in [5, 5.41) is 15.8. The van der Waals surface area contributed by atoms with Gasteiger partial charge in [-0.25, -0.2) is 13.1 Å². The molecular formula is C17H18N4O5S2. The van der Waals surface area contributed by atoms with Gasteiger partial charge in [-0.1, -0.05) is 0 Å². The molecule has 9 nitrogen and oxygen atoms in total. The smallest absolute Gasteiger partial charge is 0.269 e. The zero-order valence-corrected chi connectivity index (χ0v) is 16.6. The third-order valence-electron chi connectivity index (χ3n) is 3.38. The Balaban J connectivity index is 1.99. The highest BCUT2D eigenvalue weighted by Gasteiger charge is 2.15. The van der Waals surface area contributed by atoms with Gasteiger partial charge in [-0.05, 0) is 62.5 Å². The maximum atomic E-state index is 12.1. The van der Waals surface area contributed by atoms with E-state index in [0.717, 1.165) is 0 Å². The topological polar surface area (TPSA) is 130 Å². The molecule has 1 amide bonds. The average Bonchev–Trinajstić information content (AvgIpc) is 2.61. The summed E-state index contributed by atoms with van der Waals surface area (Å²) < 4.78 is 26.7. The summed E-state index contributed by atoms with van der Waals surface area (Å²) in [6.45, 7) is 3.44. The van der Waals surface area contributed by atoms with Gasteiger partial charge in [0.25, 0.3) is 11.6 Å². The van der Waals surface area contributed by atoms with Crippen LogP contribution in [0.25, 0.3) is 0 Å². The lowest BCUT2D eigenvalue weighted by Crippen LogP contribution is -2.34. The molecule has 3 N–H and O–H groups in total. The molecule has 0 aliphatic carbocycles. The van der Waals surface area contributed by atoms with Crippen LogP contribution in [-0.2, 0) is 10.0 Å². The summed E-state index contributed by atoms with van der Waals surface area (Å²) in [6.07, 6.45) is 0. The van der Waals surface area contributed by atoms with Gasteiger partial charge in [0, 0.05) is 29.4 Å². The second-order valence-electron chi connectivity index (χ2n) is 6.01. The number of rotatable bonds is 6. The monoisotopic (exact) mass is 422 g/mol. The molecule has 28 heavy (non-hydrogen) atoms. The molecule has 2 aromatic carbocycles. The van der Waals surface area contributed by atoms with E-state index in [9.17, 15) is 23.3 Å². The first-order valence-corrected chi connectivity index (χ1v) is 9.97. The van der Waals surface area contributed by atoms with Crippen molar-refractivity contribution in [1.29, 1.82) is 0 Å². The Kier molecular flexibility index (Phi) is 6.78. The van der Waals surface area contributed by atoms with Crippen LogP contribution in [0.15, 0.2) is 53.4 Å². The van der Waals surface area contributed by atoms with Gasteiger partial charge in [-0.15, -0.1) is 0 Å². The second-order valence-corrected chi connectivity index (χ2v) is 8.13. The largest absolute Gasteiger partial charge is 0.332 e. The Bertz CT molecular complexity index is 987. The van der Waals surface area contributed by atoms with Crippen molar-refractivity contribution < 1.29 is 18.1 Å². The van der Waals surface area contributed by atoms with Gasteiger partial charge >= 0.3 is 0 Å². The first-order chi connectivity index (χ1) is 13.1. The van der Waals surface area contributed by atoms with E-state index >= 15 is 0 Å². The maximum absolute atomic E-state index is 12.1. The van der Waals surface area contributed by atoms with Crippen LogP contribution in [0.3, 0.4) is 0 Å². The third-order valence-corrected chi connectivity index (χ3v) is 5.26. The Morgan fingerprint density at radius 1 is 1.07 bits per heavy atom. The molecule has 0 aliphatic rings. The molecule has 0 atom stereocenters. The van der Waals surface area contributed by atoms with Crippen molar-refractivity contribution in [3.8, 4) is 0 Å². The number of anilines is 1. The zero-order valence-electron chi connectivity index (χ0n) is 15.0. The highest BCUT2D eigenvalue weighted by molar-refractivity contribution is 7.89. The number of sulfonamides is 1. The van der Waals surface area contributed by atoms with Gasteiger partial charge in [-0.2, -0.15) is 0 Å². The van der Waals surface area contributed by atoms with Gasteiger partial charge in [0.1, 0.15) is 0 Å². The minimum Gasteiger partial charge on any atom is -0.332 e. The summed E-state index contributed by atoms with van der Waals surface area (Å²) in [6, 6.07) is 10.7. The second kappa shape index (κ2) is 8.87. The maximum Gasteiger partial charge on any atom is 0.269 e. The number of nitrogens with zero attached hydrogens (tertiary/aromatic N) is 1. The Labute approximate surface area is 167 Å². The molecule has 11 heteroatoms. The molecule has 0 aromatic heterocycles. The van der Waals surface area contributed by atoms with Gasteiger partial charge in [-0.3, -0.25) is 20.2 Å². The van der Waals surface area contributed by atoms with Crippen LogP contribution in [0, 0.1) is 10.1 Å². The molecule has 0 heterocycles. The first kappa shape index (κ1) is 21.4. The highest BCUT2D eigenvalue weighted by atomic mass is 32.2. The molecular weight excluding hydrogens is 404 g/mol. The average molecular weight is 422 g/mol. The number of carbonyl (C=O) groups is 1. The minimum atomic E-state index is -3.60. The van der Waals surface area contributed by atoms with E-state index in [2.05, 4.69) is 15.4 Å². The number of amides is 1. The molecule has 0 fully saturated rings. The first-order valence-electron chi connectivity index (χ1n) is 8.07. The van der Waals surface area contributed by atoms with E-state index in [1.807, 2.05) is 0 Å². The zero-order chi connectivity index (χ0) is 20.9. The molecule has 0 spiro atoms. The highest BCUT2D eigenvalue weighted by Crippen LogP contribution is 2.15. The standard InChI is InChI=1S/C17H18N4O5S2/c1-11(2)20-28(25,26)15-9-5-13(6-10-15)18-17(27)19-16(22)12-3-7-14(8-4-12)21(23)24/h3-11,20H,1-2H3,(H2,18,19,22,27). The molecule has 2 aromatic rings. The fraction of sp³-hybridized carbons (Fsp3) is 0.176. The normalized spacial score (nSPS) is 11.1. The van der Waals surface area contributed by atoms with E-state index in [1.165, 1.54) is 48.5 Å². The van der Waals surface area contributed by atoms with Crippen LogP contribution in [0.1, 0.15) is 24.2 Å². The number of benzene rings is 2. The van der Waals surface area contributed by atoms with Gasteiger partial charge in [0.2, 0.25) is 10.0 Å². The molecule has 0 saturated carbocycles. The van der Waals surface area contributed by atoms with Crippen molar-refractivity contribution in [3.05, 3.63) is 64.2 Å². The third kappa shape index (κ3) is 5.81. The number of nitrogens with one attached hydrogen (secondary N) is 3. The van der Waals surface area contributed by atoms with Gasteiger partial charge in [0.15, 0.2) is 5.11 Å². The predicted octanol–water partition coefficient (Wildman–Crippen LogP) is 2.41. The van der Waals surface area contributed by atoms with Crippen LogP contribution in [-0.4, -0.2) is 30.4 Å². The lowest BCUT2D eigenvalue weighted by Gasteiger charge is -2.12. The molecule has 0 bridgehead atoms. The summed E-state index contributed by atoms with van der Waals surface area (Å²) in [7, 11) is -3.60. The molecule has 0 unspecified atom stereocenters. The van der Waals surface area contributed by atoms with Gasteiger partial charge < -0.3 is 5.32 Å². The number of hydrogen-bond acceptors (Lipinski definition) is 6. The summed E-state index contributed by atoms with van der Waals surface area (Å²) in [4.78, 5) is 22.3. The Hall–Kier alpha value is -2.89. The van der Waals surface area contributed by atoms with Crippen LogP contribution in [0.4, 0.5) is 11.4 Å². The number of nitro groups is 1. The van der Waals surface area contributed by atoms with Crippen molar-refractivity contribution in [2.24, 2.45) is 0 Å². The van der Waals surface area contributed by atoms with E-state index in [-0.39, 0.29) is 27.3 Å². The number of carbonyl (C=O) groups excluding carboxylic acids is 1. The fourth-order valence-corrected chi connectivity index (χ4v) is 3.63. The summed E-state index contributed by atoms with van der Waals surface area (Å²) in [5.41, 5.74) is 0.563. The Morgan fingerprint density at radius 3 is 2.14 bits per heavy atom. The number of thiocarbonyl (C=S) groups is 1. The van der Waals surface area contributed by atoms with Crippen LogP contribution >= 0.6 is 12.2 Å². The van der Waals surface area contributed by atoms with Crippen molar-refractivity contribution in [3.63, 3.8) is 0 Å². The van der Waals surface area contributed by atoms with Crippen molar-refractivity contribution in [2.75, 3.05) is 5.32 Å². The van der Waals surface area contributed by atoms with E-state index < -0.39 is 20.9 Å². The van der Waals surface area contributed by atoms with E-state index in [4.69, 9.17) is 12.2 Å². The molecule has 0 radical (unpaired) electrons. The van der Waals surface area contributed by atoms with Crippen molar-refractivity contribution in [2.45, 2.75) is 24.8 Å². The number of hydrogen-bond donors (Lipinski definition) is 3. The lowest BCUT2D eigenvalue weighted by molar-refractivity contribution is -0.384. The quantitative estimate of drug-likeness (QED) is 0.370. The minimum absolute atomic E-state index is 0.000680. The predicted molar refractivity (Wildman–Crippen MR) is 109 cm³/mol. The molecule has 0 saturated heterocycles. The lowest BCUT2D eigenvalue weighted by atomic mass is 10.2. The molecule has 2 rings (SSSR count). The van der Waals surface area contributed by atoms with Crippen LogP contribution < -0.4 is 15.4 Å². The Morgan fingerprint density at radius 2 is 1.64 bits per heavy atom. The molecule has 0 aliphatic heterocycles. The SMILES string of the molecule is CC(C)NS(=O)(=O)c1ccc(NC(=S)NC(=O)c2ccc([N+](=O)[O-])cc2)cc1. The van der Waals surface area contributed by atoms with Crippen LogP contribution in [0.2, 0.25) is 0 Å². The van der Waals surface area contributed by atoms with E-state index in [0.29, 0.717) is 5.69 Å². The van der Waals surface area contributed by atoms with Crippen molar-refractivity contribution >= 4 is 44.6 Å². The van der Waals surface area contributed by atoms with Crippen LogP contribution in [0.5, 0.6) is 0 Å². The van der Waals surface area contributed by atoms with Gasteiger partial charge in [0.05, 0.1) is 9.82 Å². The number of non-ortho nitro benzene ring substituents is 1. The molecule has 148 valence electrons. The van der Waals surface area contributed by atoms with E-state index in [1.54, 1.807) is 13.8 Å². The summed E-state index contributed by atoms with van der Waals surface area (Å²) in [5.74, 6) is -0.535. The number of nitro benzene ring substituents is 1.